The van der Waals surface area contributed by atoms with Crippen LogP contribution in [0, 0.1) is 17.2 Å². The molecule has 5 rings (SSSR count). The van der Waals surface area contributed by atoms with E-state index in [9.17, 15) is 20.3 Å². The van der Waals surface area contributed by atoms with Crippen LogP contribution < -0.4 is 4.90 Å². The van der Waals surface area contributed by atoms with Crippen LogP contribution in [0.5, 0.6) is 0 Å². The molecule has 2 fully saturated rings. The Bertz CT molecular complexity index is 1450. The molecule has 0 unspecified atom stereocenters. The third kappa shape index (κ3) is 5.58. The number of aromatic nitrogens is 4. The van der Waals surface area contributed by atoms with Gasteiger partial charge < -0.3 is 15.1 Å². The molecule has 0 aliphatic carbocycles. The molecular weight excluding hydrogens is 577 g/mol. The van der Waals surface area contributed by atoms with Crippen molar-refractivity contribution in [2.75, 3.05) is 24.5 Å². The van der Waals surface area contributed by atoms with E-state index in [0.717, 1.165) is 12.0 Å². The SMILES string of the molecule is C[C@H](c1ccc(Cl)cc1Cl)n1nc(C#N)c2ncc(N3CC[C@H](N4CCC[C@H]4C(=O)O)[C@H](C(C)(C)O)C3)nc21.Cl. The van der Waals surface area contributed by atoms with Crippen molar-refractivity contribution in [2.45, 2.75) is 63.8 Å². The van der Waals surface area contributed by atoms with Crippen molar-refractivity contribution in [1.29, 1.82) is 5.26 Å². The van der Waals surface area contributed by atoms with E-state index in [1.165, 1.54) is 0 Å². The molecule has 214 valence electrons. The van der Waals surface area contributed by atoms with Crippen LogP contribution in [0.4, 0.5) is 5.82 Å². The number of carbonyl (C=O) groups is 1. The number of aliphatic hydroxyl groups is 1. The molecular formula is C27H32Cl3N7O3. The van der Waals surface area contributed by atoms with E-state index in [1.807, 2.05) is 13.0 Å². The van der Waals surface area contributed by atoms with Crippen molar-refractivity contribution in [2.24, 2.45) is 5.92 Å². The average Bonchev–Trinajstić information content (AvgIpc) is 3.52. The second-order valence-corrected chi connectivity index (χ2v) is 11.8. The van der Waals surface area contributed by atoms with Crippen LogP contribution in [0.1, 0.15) is 57.3 Å². The number of carboxylic acids is 1. The fourth-order valence-electron chi connectivity index (χ4n) is 6.06. The summed E-state index contributed by atoms with van der Waals surface area (Å²) in [5.41, 5.74) is 0.761. The molecule has 2 aromatic heterocycles. The number of aliphatic carboxylic acids is 1. The Labute approximate surface area is 248 Å². The van der Waals surface area contributed by atoms with Crippen molar-refractivity contribution in [3.05, 3.63) is 45.7 Å². The average molecular weight is 609 g/mol. The van der Waals surface area contributed by atoms with Crippen molar-refractivity contribution in [3.8, 4) is 6.07 Å². The molecule has 2 aliphatic heterocycles. The number of hydrogen-bond acceptors (Lipinski definition) is 8. The maximum absolute atomic E-state index is 11.9. The Hall–Kier alpha value is -2.68. The van der Waals surface area contributed by atoms with Crippen molar-refractivity contribution in [3.63, 3.8) is 0 Å². The normalized spacial score (nSPS) is 22.6. The number of rotatable bonds is 6. The van der Waals surface area contributed by atoms with Gasteiger partial charge in [0.15, 0.2) is 11.3 Å². The van der Waals surface area contributed by atoms with Gasteiger partial charge in [0.1, 0.15) is 23.4 Å². The summed E-state index contributed by atoms with van der Waals surface area (Å²) in [6, 6.07) is 6.42. The minimum Gasteiger partial charge on any atom is -0.480 e. The zero-order valence-electron chi connectivity index (χ0n) is 22.5. The number of likely N-dealkylation sites (tertiary alicyclic amines) is 1. The van der Waals surface area contributed by atoms with Crippen molar-refractivity contribution >= 4 is 58.6 Å². The second-order valence-electron chi connectivity index (χ2n) is 10.9. The van der Waals surface area contributed by atoms with Crippen LogP contribution in [0.25, 0.3) is 11.2 Å². The minimum absolute atomic E-state index is 0. The summed E-state index contributed by atoms with van der Waals surface area (Å²) < 4.78 is 1.65. The minimum atomic E-state index is -1.04. The molecule has 0 bridgehead atoms. The molecule has 4 atom stereocenters. The molecule has 4 heterocycles. The van der Waals surface area contributed by atoms with Gasteiger partial charge in [-0.25, -0.2) is 14.6 Å². The fraction of sp³-hybridized carbons (Fsp3) is 0.519. The molecule has 40 heavy (non-hydrogen) atoms. The maximum Gasteiger partial charge on any atom is 0.320 e. The highest BCUT2D eigenvalue weighted by Gasteiger charge is 2.46. The summed E-state index contributed by atoms with van der Waals surface area (Å²) in [7, 11) is 0. The van der Waals surface area contributed by atoms with Crippen LogP contribution >= 0.6 is 35.6 Å². The van der Waals surface area contributed by atoms with Gasteiger partial charge in [-0.1, -0.05) is 29.3 Å². The third-order valence-electron chi connectivity index (χ3n) is 8.09. The van der Waals surface area contributed by atoms with E-state index in [-0.39, 0.29) is 36.1 Å². The van der Waals surface area contributed by atoms with Gasteiger partial charge in [-0.2, -0.15) is 10.4 Å². The number of hydrogen-bond donors (Lipinski definition) is 2. The van der Waals surface area contributed by atoms with Crippen LogP contribution in [0.3, 0.4) is 0 Å². The topological polar surface area (TPSA) is 131 Å². The molecule has 2 N–H and O–H groups in total. The monoisotopic (exact) mass is 607 g/mol. The predicted octanol–water partition coefficient (Wildman–Crippen LogP) is 4.55. The lowest BCUT2D eigenvalue weighted by molar-refractivity contribution is -0.144. The van der Waals surface area contributed by atoms with E-state index in [4.69, 9.17) is 28.2 Å². The molecule has 0 saturated carbocycles. The fourth-order valence-corrected chi connectivity index (χ4v) is 6.63. The van der Waals surface area contributed by atoms with E-state index < -0.39 is 17.6 Å². The van der Waals surface area contributed by atoms with Crippen LogP contribution in [0.15, 0.2) is 24.4 Å². The Balaban J connectivity index is 0.00000370. The molecule has 0 radical (unpaired) electrons. The molecule has 13 heteroatoms. The molecule has 0 amide bonds. The van der Waals surface area contributed by atoms with E-state index in [2.05, 4.69) is 26.0 Å². The highest BCUT2D eigenvalue weighted by molar-refractivity contribution is 6.35. The van der Waals surface area contributed by atoms with Gasteiger partial charge in [-0.15, -0.1) is 12.4 Å². The summed E-state index contributed by atoms with van der Waals surface area (Å²) in [5, 5.41) is 36.1. The van der Waals surface area contributed by atoms with Gasteiger partial charge in [-0.05, 0) is 64.3 Å². The summed E-state index contributed by atoms with van der Waals surface area (Å²) in [6.07, 6.45) is 3.76. The molecule has 2 saturated heterocycles. The van der Waals surface area contributed by atoms with Gasteiger partial charge in [0, 0.05) is 35.1 Å². The van der Waals surface area contributed by atoms with Crippen LogP contribution in [0.2, 0.25) is 10.0 Å². The first kappa shape index (κ1) is 30.3. The third-order valence-corrected chi connectivity index (χ3v) is 8.65. The van der Waals surface area contributed by atoms with Crippen LogP contribution in [-0.4, -0.2) is 78.1 Å². The van der Waals surface area contributed by atoms with E-state index >= 15 is 0 Å². The van der Waals surface area contributed by atoms with Crippen molar-refractivity contribution in [1.82, 2.24) is 24.6 Å². The number of nitrogens with zero attached hydrogens (tertiary/aromatic N) is 7. The van der Waals surface area contributed by atoms with Crippen LogP contribution in [-0.2, 0) is 4.79 Å². The quantitative estimate of drug-likeness (QED) is 0.414. The molecule has 10 nitrogen and oxygen atoms in total. The second kappa shape index (κ2) is 11.7. The Kier molecular flexibility index (Phi) is 8.83. The van der Waals surface area contributed by atoms with Gasteiger partial charge in [0.05, 0.1) is 17.8 Å². The number of halogens is 3. The Morgan fingerprint density at radius 1 is 1.25 bits per heavy atom. The summed E-state index contributed by atoms with van der Waals surface area (Å²) >= 11 is 12.6. The first-order valence-corrected chi connectivity index (χ1v) is 13.8. The Morgan fingerprint density at radius 3 is 2.65 bits per heavy atom. The lowest BCUT2D eigenvalue weighted by Gasteiger charge is -2.48. The highest BCUT2D eigenvalue weighted by atomic mass is 35.5. The number of nitriles is 1. The first-order chi connectivity index (χ1) is 18.5. The summed E-state index contributed by atoms with van der Waals surface area (Å²) in [5.74, 6) is -0.418. The van der Waals surface area contributed by atoms with Crippen molar-refractivity contribution < 1.29 is 15.0 Å². The van der Waals surface area contributed by atoms with Gasteiger partial charge >= 0.3 is 5.97 Å². The zero-order chi connectivity index (χ0) is 28.1. The lowest BCUT2D eigenvalue weighted by Crippen LogP contribution is -2.59. The van der Waals surface area contributed by atoms with Gasteiger partial charge in [-0.3, -0.25) is 9.69 Å². The summed E-state index contributed by atoms with van der Waals surface area (Å²) in [4.78, 5) is 25.5. The smallest absolute Gasteiger partial charge is 0.320 e. The number of carboxylic acid groups (broad SMARTS) is 1. The van der Waals surface area contributed by atoms with E-state index in [1.54, 1.807) is 36.9 Å². The number of fused-ring (bicyclic) bond motifs is 1. The van der Waals surface area contributed by atoms with Gasteiger partial charge in [0.2, 0.25) is 0 Å². The molecule has 3 aromatic rings. The standard InChI is InChI=1S/C27H31Cl2N7O3.ClH/c1-15(17-7-6-16(28)11-19(17)29)36-25-24(20(12-30)33-36)31-13-23(32-25)34-10-8-21(18(14-34)27(2,3)39)35-9-4-5-22(35)26(37)38;/h6-7,11,13,15,18,21-22,39H,4-5,8-10,14H2,1-3H3,(H,37,38);1H/t15-,18-,21+,22+;/m1./s1. The molecule has 2 aliphatic rings. The predicted molar refractivity (Wildman–Crippen MR) is 155 cm³/mol. The zero-order valence-corrected chi connectivity index (χ0v) is 24.8. The number of anilines is 1. The highest BCUT2D eigenvalue weighted by Crippen LogP contribution is 2.37. The summed E-state index contributed by atoms with van der Waals surface area (Å²) in [6.45, 7) is 7.29. The first-order valence-electron chi connectivity index (χ1n) is 13.1. The van der Waals surface area contributed by atoms with E-state index in [0.29, 0.717) is 59.5 Å². The van der Waals surface area contributed by atoms with Gasteiger partial charge in [0.25, 0.3) is 0 Å². The molecule has 0 spiro atoms. The Morgan fingerprint density at radius 2 is 2.00 bits per heavy atom. The number of benzene rings is 1. The molecule has 1 aromatic carbocycles. The number of piperidine rings is 1. The largest absolute Gasteiger partial charge is 0.480 e. The lowest BCUT2D eigenvalue weighted by atomic mass is 9.79. The maximum atomic E-state index is 11.9.